The number of nitrogens with zero attached hydrogens (tertiary/aromatic N) is 1. The topological polar surface area (TPSA) is 108 Å². The lowest BCUT2D eigenvalue weighted by Crippen LogP contribution is -2.37. The Morgan fingerprint density at radius 2 is 0.730 bits per heavy atom. The fourth-order valence-corrected chi connectivity index (χ4v) is 7.50. The zero-order valence-electron chi connectivity index (χ0n) is 47.0. The number of ether oxygens (including phenoxy) is 2. The molecule has 0 saturated heterocycles. The molecule has 1 N–H and O–H groups in total. The standard InChI is InChI=1S/C64H102NO8P/c1-6-8-10-12-14-16-18-20-22-24-26-27-28-29-30-31-32-33-34-35-36-37-39-41-43-45-47-49-51-53-55-57-64(67)73-62(61-72-74(68,69)71-59-58-65(3,4)5)60-70-63(66)56-54-52-50-48-46-44-42-40-38-25-23-21-19-17-15-13-11-9-7-2/h8-11,14-17,20-23,26-27,29-30,32-33,35-36,38-41,45,47,62H,6-7,12-13,18-19,24-25,28,31,34,37,42-44,46,48-61H2,1-5H3/p+1/b10-8-,11-9-,16-14-,17-15-,22-20-,23-21-,27-26-,30-29-,33-32-,36-35-,40-38-,41-39-,47-45-. The number of quaternary nitrogens is 1. The number of likely N-dealkylation sites (N-methyl/N-ethyl adjacent to an activating group) is 1. The molecule has 0 radical (unpaired) electrons. The van der Waals surface area contributed by atoms with E-state index in [-0.39, 0.29) is 26.1 Å². The second kappa shape index (κ2) is 53.5. The molecule has 0 saturated carbocycles. The van der Waals surface area contributed by atoms with E-state index in [1.807, 2.05) is 21.1 Å². The highest BCUT2D eigenvalue weighted by Gasteiger charge is 2.27. The molecule has 2 atom stereocenters. The monoisotopic (exact) mass is 1040 g/mol. The van der Waals surface area contributed by atoms with Crippen LogP contribution in [0.1, 0.15) is 181 Å². The lowest BCUT2D eigenvalue weighted by atomic mass is 10.1. The van der Waals surface area contributed by atoms with Crippen LogP contribution in [-0.4, -0.2) is 74.9 Å². The maximum Gasteiger partial charge on any atom is 0.472 e. The van der Waals surface area contributed by atoms with E-state index >= 15 is 0 Å². The molecule has 416 valence electrons. The van der Waals surface area contributed by atoms with Crippen molar-refractivity contribution < 1.29 is 42.1 Å². The number of hydrogen-bond acceptors (Lipinski definition) is 7. The minimum Gasteiger partial charge on any atom is -0.462 e. The summed E-state index contributed by atoms with van der Waals surface area (Å²) in [6.07, 6.45) is 80.2. The predicted molar refractivity (Wildman–Crippen MR) is 316 cm³/mol. The van der Waals surface area contributed by atoms with Crippen molar-refractivity contribution in [3.8, 4) is 0 Å². The van der Waals surface area contributed by atoms with Crippen LogP contribution in [0.15, 0.2) is 158 Å². The van der Waals surface area contributed by atoms with Crippen LogP contribution in [0.4, 0.5) is 0 Å². The second-order valence-corrected chi connectivity index (χ2v) is 20.7. The van der Waals surface area contributed by atoms with Crippen LogP contribution >= 0.6 is 7.82 Å². The highest BCUT2D eigenvalue weighted by Crippen LogP contribution is 2.43. The van der Waals surface area contributed by atoms with Gasteiger partial charge in [0.1, 0.15) is 19.8 Å². The molecule has 0 amide bonds. The molecule has 9 nitrogen and oxygen atoms in total. The molecule has 0 aromatic heterocycles. The van der Waals surface area contributed by atoms with Gasteiger partial charge in [0.2, 0.25) is 0 Å². The summed E-state index contributed by atoms with van der Waals surface area (Å²) in [5.41, 5.74) is 0. The summed E-state index contributed by atoms with van der Waals surface area (Å²) in [6.45, 7) is 4.11. The average Bonchev–Trinajstić information content (AvgIpc) is 3.36. The first kappa shape index (κ1) is 69.6. The number of allylic oxidation sites excluding steroid dienone is 26. The van der Waals surface area contributed by atoms with E-state index in [1.54, 1.807) is 0 Å². The Hall–Kier alpha value is -4.37. The Labute approximate surface area is 452 Å². The largest absolute Gasteiger partial charge is 0.472 e. The van der Waals surface area contributed by atoms with Crippen molar-refractivity contribution in [3.63, 3.8) is 0 Å². The van der Waals surface area contributed by atoms with Crippen molar-refractivity contribution in [2.75, 3.05) is 47.5 Å². The van der Waals surface area contributed by atoms with Crippen LogP contribution in [-0.2, 0) is 32.7 Å². The molecule has 10 heteroatoms. The Kier molecular flexibility index (Phi) is 50.3. The third-order valence-corrected chi connectivity index (χ3v) is 12.0. The number of phosphoric ester groups is 1. The van der Waals surface area contributed by atoms with Crippen molar-refractivity contribution in [1.29, 1.82) is 0 Å². The van der Waals surface area contributed by atoms with Crippen LogP contribution in [0.3, 0.4) is 0 Å². The highest BCUT2D eigenvalue weighted by molar-refractivity contribution is 7.47. The Morgan fingerprint density at radius 1 is 0.419 bits per heavy atom. The predicted octanol–water partition coefficient (Wildman–Crippen LogP) is 17.7. The van der Waals surface area contributed by atoms with Crippen molar-refractivity contribution in [2.24, 2.45) is 0 Å². The van der Waals surface area contributed by atoms with Crippen molar-refractivity contribution in [3.05, 3.63) is 158 Å². The van der Waals surface area contributed by atoms with Crippen LogP contribution in [0, 0.1) is 0 Å². The smallest absolute Gasteiger partial charge is 0.462 e. The third-order valence-electron chi connectivity index (χ3n) is 11.1. The quantitative estimate of drug-likeness (QED) is 0.0211. The van der Waals surface area contributed by atoms with Gasteiger partial charge in [-0.2, -0.15) is 0 Å². The number of rotatable bonds is 49. The Balaban J connectivity index is 4.34. The van der Waals surface area contributed by atoms with E-state index < -0.39 is 32.5 Å². The number of carbonyl (C=O) groups excluding carboxylic acids is 2. The molecule has 0 spiro atoms. The summed E-state index contributed by atoms with van der Waals surface area (Å²) in [4.78, 5) is 35.6. The molecular weight excluding hydrogens is 942 g/mol. The molecule has 0 rings (SSSR count). The van der Waals surface area contributed by atoms with Crippen LogP contribution in [0.2, 0.25) is 0 Å². The van der Waals surface area contributed by atoms with Gasteiger partial charge in [0.25, 0.3) is 0 Å². The minimum atomic E-state index is -4.41. The van der Waals surface area contributed by atoms with Gasteiger partial charge >= 0.3 is 19.8 Å². The summed E-state index contributed by atoms with van der Waals surface area (Å²) in [7, 11) is 1.42. The van der Waals surface area contributed by atoms with Crippen LogP contribution in [0.5, 0.6) is 0 Å². The highest BCUT2D eigenvalue weighted by atomic mass is 31.2. The van der Waals surface area contributed by atoms with Gasteiger partial charge < -0.3 is 18.9 Å². The summed E-state index contributed by atoms with van der Waals surface area (Å²) >= 11 is 0. The molecule has 0 aliphatic rings. The number of carbonyl (C=O) groups is 2. The van der Waals surface area contributed by atoms with Gasteiger partial charge in [-0.15, -0.1) is 0 Å². The first-order valence-corrected chi connectivity index (χ1v) is 29.7. The lowest BCUT2D eigenvalue weighted by Gasteiger charge is -2.24. The van der Waals surface area contributed by atoms with Crippen LogP contribution < -0.4 is 0 Å². The molecule has 0 aliphatic heterocycles. The van der Waals surface area contributed by atoms with Crippen LogP contribution in [0.25, 0.3) is 0 Å². The fraction of sp³-hybridized carbons (Fsp3) is 0.562. The minimum absolute atomic E-state index is 0.0122. The van der Waals surface area contributed by atoms with Gasteiger partial charge in [-0.05, 0) is 122 Å². The number of hydrogen-bond donors (Lipinski definition) is 1. The second-order valence-electron chi connectivity index (χ2n) is 19.2. The summed E-state index contributed by atoms with van der Waals surface area (Å²) in [5.74, 6) is -0.868. The van der Waals surface area contributed by atoms with Crippen molar-refractivity contribution >= 4 is 19.8 Å². The molecule has 0 aromatic carbocycles. The SMILES string of the molecule is CC/C=C\C/C=C\C/C=C\C/C=C\C/C=C\C/C=C\C/C=C\C/C=C\C/C=C\CCCCCC(=O)OC(COC(=O)CCCCCCCC/C=C\C/C=C\C/C=C\C/C=C\CC)COP(=O)(O)OCC[N+](C)(C)C. The first-order chi connectivity index (χ1) is 36.0. The Bertz CT molecular complexity index is 1800. The molecule has 0 aromatic rings. The van der Waals surface area contributed by atoms with Gasteiger partial charge in [-0.25, -0.2) is 4.57 Å². The summed E-state index contributed by atoms with van der Waals surface area (Å²) < 4.78 is 34.5. The van der Waals surface area contributed by atoms with Gasteiger partial charge in [-0.3, -0.25) is 18.6 Å². The van der Waals surface area contributed by atoms with E-state index in [1.165, 1.54) is 0 Å². The summed E-state index contributed by atoms with van der Waals surface area (Å²) in [6, 6.07) is 0. The van der Waals surface area contributed by atoms with Gasteiger partial charge in [0.05, 0.1) is 27.7 Å². The van der Waals surface area contributed by atoms with Crippen molar-refractivity contribution in [2.45, 2.75) is 187 Å². The van der Waals surface area contributed by atoms with E-state index in [2.05, 4.69) is 172 Å². The molecule has 0 fully saturated rings. The van der Waals surface area contributed by atoms with Crippen molar-refractivity contribution in [1.82, 2.24) is 0 Å². The van der Waals surface area contributed by atoms with Gasteiger partial charge in [-0.1, -0.05) is 204 Å². The average molecular weight is 1050 g/mol. The molecule has 0 aliphatic carbocycles. The maximum absolute atomic E-state index is 12.8. The normalized spacial score (nSPS) is 14.5. The van der Waals surface area contributed by atoms with Gasteiger partial charge in [0.15, 0.2) is 6.10 Å². The van der Waals surface area contributed by atoms with E-state index in [0.717, 1.165) is 141 Å². The summed E-state index contributed by atoms with van der Waals surface area (Å²) in [5, 5.41) is 0. The lowest BCUT2D eigenvalue weighted by molar-refractivity contribution is -0.870. The molecule has 0 bridgehead atoms. The maximum atomic E-state index is 12.8. The Morgan fingerprint density at radius 3 is 1.09 bits per heavy atom. The number of esters is 2. The molecule has 74 heavy (non-hydrogen) atoms. The third kappa shape index (κ3) is 56.9. The molecule has 2 unspecified atom stereocenters. The number of unbranched alkanes of at least 4 members (excludes halogenated alkanes) is 9. The zero-order valence-corrected chi connectivity index (χ0v) is 47.9. The molecular formula is C64H103NO8P+. The zero-order chi connectivity index (χ0) is 54.2. The fourth-order valence-electron chi connectivity index (χ4n) is 6.76. The van der Waals surface area contributed by atoms with Gasteiger partial charge in [0, 0.05) is 12.8 Å². The first-order valence-electron chi connectivity index (χ1n) is 28.2. The number of phosphoric acid groups is 1. The van der Waals surface area contributed by atoms with E-state index in [9.17, 15) is 19.0 Å². The van der Waals surface area contributed by atoms with E-state index in [0.29, 0.717) is 23.9 Å². The van der Waals surface area contributed by atoms with E-state index in [4.69, 9.17) is 18.5 Å². The molecule has 0 heterocycles.